The minimum absolute atomic E-state index is 0.0399. The van der Waals surface area contributed by atoms with E-state index in [4.69, 9.17) is 13.2 Å². The molecule has 116 valence electrons. The molecule has 5 N–H and O–H groups in total. The van der Waals surface area contributed by atoms with Crippen LogP contribution in [0.5, 0.6) is 0 Å². The van der Waals surface area contributed by atoms with Crippen LogP contribution < -0.4 is 5.73 Å². The summed E-state index contributed by atoms with van der Waals surface area (Å²) in [6.45, 7) is -1.46. The van der Waals surface area contributed by atoms with E-state index in [9.17, 15) is 15.3 Å². The maximum atomic E-state index is 10.8. The van der Waals surface area contributed by atoms with Crippen LogP contribution in [0.2, 0.25) is 0 Å². The highest BCUT2D eigenvalue weighted by Crippen LogP contribution is 2.39. The molecule has 1 fully saturated rings. The van der Waals surface area contributed by atoms with Crippen molar-refractivity contribution in [2.45, 2.75) is 31.0 Å². The smallest absolute Gasteiger partial charge is 0.222 e. The van der Waals surface area contributed by atoms with E-state index >= 15 is 0 Å². The third-order valence-corrected chi connectivity index (χ3v) is 3.43. The highest BCUT2D eigenvalue weighted by atomic mass is 16.6. The Morgan fingerprint density at radius 3 is 3.05 bits per heavy atom. The summed E-state index contributed by atoms with van der Waals surface area (Å²) in [5.41, 5.74) is 3.92. The first-order valence-electron chi connectivity index (χ1n) is 7.35. The second-order valence-corrected chi connectivity index (χ2v) is 4.77. The Morgan fingerprint density at radius 2 is 2.36 bits per heavy atom. The van der Waals surface area contributed by atoms with Gasteiger partial charge in [0.2, 0.25) is 5.95 Å². The number of hydrogen-bond donors (Lipinski definition) is 4. The van der Waals surface area contributed by atoms with E-state index in [0.29, 0.717) is 5.52 Å². The van der Waals surface area contributed by atoms with Crippen molar-refractivity contribution in [2.24, 2.45) is 0 Å². The third-order valence-electron chi connectivity index (χ3n) is 3.43. The molecule has 0 amide bonds. The maximum absolute atomic E-state index is 10.8. The normalized spacial score (nSPS) is 33.2. The van der Waals surface area contributed by atoms with Crippen molar-refractivity contribution >= 4 is 17.1 Å². The lowest BCUT2D eigenvalue weighted by Crippen LogP contribution is -2.45. The Kier molecular flexibility index (Phi) is 2.90. The molecule has 3 heterocycles. The van der Waals surface area contributed by atoms with Gasteiger partial charge in [-0.1, -0.05) is 5.92 Å². The Bertz CT molecular complexity index is 842. The molecule has 3 rings (SSSR count). The van der Waals surface area contributed by atoms with Crippen LogP contribution in [-0.2, 0) is 4.74 Å². The predicted molar refractivity (Wildman–Crippen MR) is 75.1 cm³/mol. The summed E-state index contributed by atoms with van der Waals surface area (Å²) >= 11 is 0. The van der Waals surface area contributed by atoms with Gasteiger partial charge in [0.15, 0.2) is 17.5 Å². The molecule has 0 spiro atoms. The number of aliphatic hydroxyl groups excluding tert-OH is 1. The molecule has 1 aliphatic rings. The number of anilines is 1. The van der Waals surface area contributed by atoms with Gasteiger partial charge in [0, 0.05) is 0 Å². The number of aliphatic hydroxyl groups is 3. The lowest BCUT2D eigenvalue weighted by molar-refractivity contribution is -0.0722. The van der Waals surface area contributed by atoms with Crippen molar-refractivity contribution in [1.29, 1.82) is 0 Å². The van der Waals surface area contributed by atoms with Gasteiger partial charge < -0.3 is 25.8 Å². The zero-order chi connectivity index (χ0) is 17.7. The van der Waals surface area contributed by atoms with Gasteiger partial charge in [-0.2, -0.15) is 4.98 Å². The number of nitrogens with zero attached hydrogens (tertiary/aromatic N) is 4. The van der Waals surface area contributed by atoms with Gasteiger partial charge in [0.25, 0.3) is 0 Å². The van der Waals surface area contributed by atoms with Gasteiger partial charge in [-0.15, -0.1) is 5.92 Å². The molecule has 0 radical (unpaired) electrons. The molecule has 1 aliphatic heterocycles. The maximum Gasteiger partial charge on any atom is 0.222 e. The summed E-state index contributed by atoms with van der Waals surface area (Å²) < 4.78 is 21.4. The van der Waals surface area contributed by atoms with E-state index in [1.54, 1.807) is 0 Å². The molecule has 1 saturated heterocycles. The minimum atomic E-state index is -2.90. The highest BCUT2D eigenvalue weighted by molar-refractivity contribution is 5.70. The number of imidazole rings is 1. The summed E-state index contributed by atoms with van der Waals surface area (Å²) in [5, 5.41) is 30.7. The van der Waals surface area contributed by atoms with Gasteiger partial charge in [-0.05, 0) is 6.92 Å². The zero-order valence-electron chi connectivity index (χ0n) is 13.5. The second kappa shape index (κ2) is 5.19. The fraction of sp³-hybridized carbons (Fsp3) is 0.462. The number of hydrogen-bond acceptors (Lipinski definition) is 8. The Balaban J connectivity index is 2.16. The molecule has 2 aromatic heterocycles. The van der Waals surface area contributed by atoms with Crippen LogP contribution in [0, 0.1) is 11.8 Å². The number of rotatable bonds is 2. The summed E-state index contributed by atoms with van der Waals surface area (Å²) in [6.07, 6.45) is -2.27. The summed E-state index contributed by atoms with van der Waals surface area (Å²) in [6, 6.07) is 0. The van der Waals surface area contributed by atoms with Crippen LogP contribution in [0.3, 0.4) is 0 Å². The van der Waals surface area contributed by atoms with E-state index in [-0.39, 0.29) is 11.6 Å². The predicted octanol–water partition coefficient (Wildman–Crippen LogP) is -1.59. The average molecular weight is 307 g/mol. The number of nitrogens with two attached hydrogens (primary N) is 1. The van der Waals surface area contributed by atoms with Crippen LogP contribution in [0.15, 0.2) is 12.5 Å². The summed E-state index contributed by atoms with van der Waals surface area (Å²) in [5.74, 6) is 4.85. The topological polar surface area (TPSA) is 140 Å². The first kappa shape index (κ1) is 12.3. The SMILES string of the molecule is [2H]C([2H])(O)[C@H]1O[C@@H](n2cnc3cnc(N)nc32)C(O)(C#CC)[C@H]1O. The van der Waals surface area contributed by atoms with Crippen molar-refractivity contribution in [2.75, 3.05) is 12.3 Å². The quantitative estimate of drug-likeness (QED) is 0.487. The van der Waals surface area contributed by atoms with Gasteiger partial charge in [-0.25, -0.2) is 9.97 Å². The van der Waals surface area contributed by atoms with Gasteiger partial charge in [0.1, 0.15) is 17.7 Å². The van der Waals surface area contributed by atoms with Crippen LogP contribution in [-0.4, -0.2) is 59.2 Å². The van der Waals surface area contributed by atoms with Gasteiger partial charge >= 0.3 is 0 Å². The van der Waals surface area contributed by atoms with Crippen molar-refractivity contribution < 1.29 is 22.8 Å². The molecule has 1 unspecified atom stereocenters. The molecule has 0 aliphatic carbocycles. The highest BCUT2D eigenvalue weighted by Gasteiger charge is 2.55. The van der Waals surface area contributed by atoms with Crippen LogP contribution in [0.25, 0.3) is 11.2 Å². The molecule has 4 atom stereocenters. The number of fused-ring (bicyclic) bond motifs is 1. The van der Waals surface area contributed by atoms with Crippen molar-refractivity contribution in [3.8, 4) is 11.8 Å². The summed E-state index contributed by atoms with van der Waals surface area (Å²) in [4.78, 5) is 11.9. The van der Waals surface area contributed by atoms with E-state index in [1.165, 1.54) is 24.0 Å². The van der Waals surface area contributed by atoms with Gasteiger partial charge in [0.05, 0.1) is 21.8 Å². The second-order valence-electron chi connectivity index (χ2n) is 4.77. The molecule has 0 bridgehead atoms. The molecule has 22 heavy (non-hydrogen) atoms. The number of ether oxygens (including phenoxy) is 1. The average Bonchev–Trinajstić information content (AvgIpc) is 2.99. The minimum Gasteiger partial charge on any atom is -0.394 e. The molecule has 9 heteroatoms. The fourth-order valence-corrected chi connectivity index (χ4v) is 2.42. The fourth-order valence-electron chi connectivity index (χ4n) is 2.42. The van der Waals surface area contributed by atoms with Crippen molar-refractivity contribution in [3.05, 3.63) is 12.5 Å². The largest absolute Gasteiger partial charge is 0.394 e. The van der Waals surface area contributed by atoms with Crippen LogP contribution in [0.1, 0.15) is 15.9 Å². The Labute approximate surface area is 128 Å². The van der Waals surface area contributed by atoms with Crippen molar-refractivity contribution in [3.63, 3.8) is 0 Å². The number of nitrogen functional groups attached to an aromatic ring is 1. The standard InChI is InChI=1S/C13H15N5O4/c1-2-3-13(21)9(20)8(5-19)22-11(13)18-6-16-7-4-15-12(14)17-10(7)18/h4,6,8-9,11,19-21H,5H2,1H3,(H2,14,15,17)/t8-,9+,11-,13?/m1/s1/i5D2. The van der Waals surface area contributed by atoms with E-state index in [2.05, 4.69) is 26.8 Å². The lowest BCUT2D eigenvalue weighted by Gasteiger charge is -2.26. The Hall–Kier alpha value is -2.25. The van der Waals surface area contributed by atoms with E-state index in [0.717, 1.165) is 0 Å². The molecular weight excluding hydrogens is 290 g/mol. The molecule has 2 aromatic rings. The van der Waals surface area contributed by atoms with Gasteiger partial charge in [-0.3, -0.25) is 4.57 Å². The first-order chi connectivity index (χ1) is 11.2. The Morgan fingerprint density at radius 1 is 1.59 bits per heavy atom. The van der Waals surface area contributed by atoms with E-state index in [1.807, 2.05) is 0 Å². The van der Waals surface area contributed by atoms with E-state index < -0.39 is 30.6 Å². The van der Waals surface area contributed by atoms with Crippen LogP contribution >= 0.6 is 0 Å². The molecule has 0 saturated carbocycles. The molecule has 9 nitrogen and oxygen atoms in total. The first-order valence-corrected chi connectivity index (χ1v) is 6.35. The molecular formula is C13H15N5O4. The zero-order valence-corrected chi connectivity index (χ0v) is 11.5. The monoisotopic (exact) mass is 307 g/mol. The molecule has 0 aromatic carbocycles. The lowest BCUT2D eigenvalue weighted by atomic mass is 9.94. The summed E-state index contributed by atoms with van der Waals surface area (Å²) in [7, 11) is 0. The van der Waals surface area contributed by atoms with Crippen LogP contribution in [0.4, 0.5) is 5.95 Å². The third kappa shape index (κ3) is 2.01. The van der Waals surface area contributed by atoms with Crippen molar-refractivity contribution in [1.82, 2.24) is 19.5 Å². The number of aromatic nitrogens is 4.